The lowest BCUT2D eigenvalue weighted by molar-refractivity contribution is -0.00570. The van der Waals surface area contributed by atoms with E-state index in [0.29, 0.717) is 11.7 Å². The molecule has 1 aromatic carbocycles. The molecule has 2 aromatic rings. The number of hydrogen-bond acceptors (Lipinski definition) is 3. The van der Waals surface area contributed by atoms with Crippen molar-refractivity contribution in [2.75, 3.05) is 0 Å². The first kappa shape index (κ1) is 17.2. The van der Waals surface area contributed by atoms with Gasteiger partial charge >= 0.3 is 0 Å². The van der Waals surface area contributed by atoms with Gasteiger partial charge in [0.15, 0.2) is 5.83 Å². The molecule has 4 rings (SSSR count). The topological polar surface area (TPSA) is 35.0 Å². The Bertz CT molecular complexity index is 909. The number of hydrogen-bond donors (Lipinski definition) is 0. The Kier molecular flexibility index (Phi) is 4.27. The van der Waals surface area contributed by atoms with Crippen LogP contribution in [0.5, 0.6) is 5.75 Å². The minimum absolute atomic E-state index is 0.0697. The Balaban J connectivity index is 1.81. The Morgan fingerprint density at radius 2 is 2.04 bits per heavy atom. The second-order valence-corrected chi connectivity index (χ2v) is 7.06. The van der Waals surface area contributed by atoms with Crippen molar-refractivity contribution in [3.05, 3.63) is 70.3 Å². The molecule has 134 valence electrons. The maximum absolute atomic E-state index is 16.0. The highest BCUT2D eigenvalue weighted by molar-refractivity contribution is 6.32. The van der Waals surface area contributed by atoms with Crippen molar-refractivity contribution in [1.82, 2.24) is 10.2 Å². The highest BCUT2D eigenvalue weighted by Crippen LogP contribution is 2.49. The van der Waals surface area contributed by atoms with Crippen molar-refractivity contribution >= 4 is 17.2 Å². The van der Waals surface area contributed by atoms with Gasteiger partial charge < -0.3 is 4.74 Å². The van der Waals surface area contributed by atoms with Gasteiger partial charge in [0.25, 0.3) is 5.85 Å². The van der Waals surface area contributed by atoms with Crippen LogP contribution in [0.1, 0.15) is 42.0 Å². The number of nitrogens with zero attached hydrogens (tertiary/aromatic N) is 2. The SMILES string of the molecule is Cc1cccc(C2CC2)c1OC1(F)CC=C(Cl)C(F)=C1c1cccnn1. The number of aromatic nitrogens is 2. The first-order valence-corrected chi connectivity index (χ1v) is 8.89. The van der Waals surface area contributed by atoms with E-state index in [2.05, 4.69) is 10.2 Å². The molecule has 0 radical (unpaired) electrons. The summed E-state index contributed by atoms with van der Waals surface area (Å²) in [6.07, 6.45) is 4.63. The first-order valence-electron chi connectivity index (χ1n) is 8.51. The third kappa shape index (κ3) is 3.01. The molecule has 1 heterocycles. The Hall–Kier alpha value is -2.27. The molecule has 0 spiro atoms. The van der Waals surface area contributed by atoms with Crippen LogP contribution in [0.3, 0.4) is 0 Å². The van der Waals surface area contributed by atoms with Crippen LogP contribution in [-0.2, 0) is 0 Å². The molecule has 0 saturated heterocycles. The molecule has 2 aliphatic carbocycles. The third-order valence-electron chi connectivity index (χ3n) is 4.70. The van der Waals surface area contributed by atoms with Crippen LogP contribution >= 0.6 is 11.6 Å². The molecule has 1 fully saturated rings. The van der Waals surface area contributed by atoms with Gasteiger partial charge in [-0.15, -0.1) is 0 Å². The zero-order chi connectivity index (χ0) is 18.3. The quantitative estimate of drug-likeness (QED) is 0.697. The van der Waals surface area contributed by atoms with Crippen molar-refractivity contribution in [1.29, 1.82) is 0 Å². The second kappa shape index (κ2) is 6.47. The fraction of sp³-hybridized carbons (Fsp3) is 0.300. The molecule has 1 saturated carbocycles. The number of benzene rings is 1. The molecular formula is C20H17ClF2N2O. The predicted molar refractivity (Wildman–Crippen MR) is 96.2 cm³/mol. The van der Waals surface area contributed by atoms with Crippen LogP contribution in [0.2, 0.25) is 0 Å². The van der Waals surface area contributed by atoms with Crippen molar-refractivity contribution in [3.63, 3.8) is 0 Å². The van der Waals surface area contributed by atoms with Crippen LogP contribution < -0.4 is 4.74 Å². The molecule has 3 nitrogen and oxygen atoms in total. The van der Waals surface area contributed by atoms with E-state index in [1.54, 1.807) is 6.07 Å². The van der Waals surface area contributed by atoms with E-state index < -0.39 is 11.7 Å². The summed E-state index contributed by atoms with van der Waals surface area (Å²) in [5, 5.41) is 7.45. The summed E-state index contributed by atoms with van der Waals surface area (Å²) in [6.45, 7) is 1.86. The summed E-state index contributed by atoms with van der Waals surface area (Å²) in [6, 6.07) is 8.79. The Morgan fingerprint density at radius 3 is 2.73 bits per heavy atom. The summed E-state index contributed by atoms with van der Waals surface area (Å²) >= 11 is 5.92. The zero-order valence-electron chi connectivity index (χ0n) is 14.2. The predicted octanol–water partition coefficient (Wildman–Crippen LogP) is 5.61. The molecule has 2 aliphatic rings. The average molecular weight is 375 g/mol. The van der Waals surface area contributed by atoms with Gasteiger partial charge in [0, 0.05) is 12.6 Å². The van der Waals surface area contributed by atoms with E-state index in [4.69, 9.17) is 16.3 Å². The monoisotopic (exact) mass is 374 g/mol. The fourth-order valence-corrected chi connectivity index (χ4v) is 3.39. The highest BCUT2D eigenvalue weighted by atomic mass is 35.5. The van der Waals surface area contributed by atoms with Gasteiger partial charge in [0.05, 0.1) is 16.3 Å². The van der Waals surface area contributed by atoms with Gasteiger partial charge in [-0.25, -0.2) is 4.39 Å². The number of allylic oxidation sites excluding steroid dienone is 2. The summed E-state index contributed by atoms with van der Waals surface area (Å²) in [7, 11) is 0. The Labute approximate surface area is 155 Å². The number of ether oxygens (including phenoxy) is 1. The van der Waals surface area contributed by atoms with Crippen molar-refractivity contribution in [2.24, 2.45) is 0 Å². The molecule has 0 aliphatic heterocycles. The second-order valence-electron chi connectivity index (χ2n) is 6.65. The smallest absolute Gasteiger partial charge is 0.282 e. The van der Waals surface area contributed by atoms with E-state index in [-0.39, 0.29) is 22.7 Å². The summed E-state index contributed by atoms with van der Waals surface area (Å²) in [5.74, 6) is -2.44. The van der Waals surface area contributed by atoms with E-state index >= 15 is 4.39 Å². The molecule has 6 heteroatoms. The van der Waals surface area contributed by atoms with E-state index in [1.807, 2.05) is 25.1 Å². The molecule has 1 unspecified atom stereocenters. The number of rotatable bonds is 4. The molecule has 0 bridgehead atoms. The fourth-order valence-electron chi connectivity index (χ4n) is 3.22. The Morgan fingerprint density at radius 1 is 1.23 bits per heavy atom. The summed E-state index contributed by atoms with van der Waals surface area (Å²) in [5.41, 5.74) is 1.52. The number of aryl methyl sites for hydroxylation is 1. The average Bonchev–Trinajstić information content (AvgIpc) is 3.47. The highest BCUT2D eigenvalue weighted by Gasteiger charge is 2.45. The molecule has 0 N–H and O–H groups in total. The van der Waals surface area contributed by atoms with Crippen molar-refractivity contribution in [3.8, 4) is 5.75 Å². The number of alkyl halides is 1. The molecular weight excluding hydrogens is 358 g/mol. The largest absolute Gasteiger partial charge is 0.453 e. The van der Waals surface area contributed by atoms with Gasteiger partial charge in [0.1, 0.15) is 5.75 Å². The van der Waals surface area contributed by atoms with Crippen LogP contribution in [0.25, 0.3) is 5.57 Å². The lowest BCUT2D eigenvalue weighted by atomic mass is 9.94. The van der Waals surface area contributed by atoms with E-state index in [1.165, 1.54) is 18.3 Å². The number of para-hydroxylation sites is 1. The van der Waals surface area contributed by atoms with Gasteiger partial charge in [-0.3, -0.25) is 0 Å². The van der Waals surface area contributed by atoms with Gasteiger partial charge in [-0.1, -0.05) is 35.9 Å². The maximum atomic E-state index is 16.0. The van der Waals surface area contributed by atoms with Gasteiger partial charge in [-0.05, 0) is 48.9 Å². The van der Waals surface area contributed by atoms with E-state index in [9.17, 15) is 4.39 Å². The molecule has 0 amide bonds. The zero-order valence-corrected chi connectivity index (χ0v) is 14.9. The maximum Gasteiger partial charge on any atom is 0.282 e. The van der Waals surface area contributed by atoms with Crippen molar-refractivity contribution < 1.29 is 13.5 Å². The lowest BCUT2D eigenvalue weighted by Crippen LogP contribution is -2.35. The minimum atomic E-state index is -2.41. The summed E-state index contributed by atoms with van der Waals surface area (Å²) < 4.78 is 36.6. The van der Waals surface area contributed by atoms with Crippen LogP contribution in [0.4, 0.5) is 8.78 Å². The summed E-state index contributed by atoms with van der Waals surface area (Å²) in [4.78, 5) is 0. The number of halogens is 3. The standard InChI is InChI=1S/C20H17ClF2N2O/c1-12-4-2-5-14(13-7-8-13)19(12)26-20(23)10-9-15(21)18(22)17(20)16-6-3-11-24-25-16/h2-6,9,11,13H,7-8,10H2,1H3. The van der Waals surface area contributed by atoms with Gasteiger partial charge in [-0.2, -0.15) is 14.6 Å². The van der Waals surface area contributed by atoms with Crippen LogP contribution in [0, 0.1) is 6.92 Å². The molecule has 26 heavy (non-hydrogen) atoms. The minimum Gasteiger partial charge on any atom is -0.453 e. The lowest BCUT2D eigenvalue weighted by Gasteiger charge is -2.32. The normalized spacial score (nSPS) is 23.0. The van der Waals surface area contributed by atoms with Crippen LogP contribution in [0.15, 0.2) is 53.5 Å². The van der Waals surface area contributed by atoms with Gasteiger partial charge in [0.2, 0.25) is 0 Å². The van der Waals surface area contributed by atoms with E-state index in [0.717, 1.165) is 24.0 Å². The van der Waals surface area contributed by atoms with Crippen molar-refractivity contribution in [2.45, 2.75) is 38.0 Å². The third-order valence-corrected chi connectivity index (χ3v) is 5.02. The van der Waals surface area contributed by atoms with Crippen LogP contribution in [-0.4, -0.2) is 16.1 Å². The molecule has 1 aromatic heterocycles. The first-order chi connectivity index (χ1) is 12.5. The molecule has 1 atom stereocenters.